The van der Waals surface area contributed by atoms with Crippen molar-refractivity contribution >= 4 is 32.4 Å². The first kappa shape index (κ1) is 17.7. The molecule has 2 N–H and O–H groups in total. The summed E-state index contributed by atoms with van der Waals surface area (Å²) in [6.07, 6.45) is -2.12. The Morgan fingerprint density at radius 1 is 1.38 bits per heavy atom. The lowest BCUT2D eigenvalue weighted by Gasteiger charge is -2.20. The van der Waals surface area contributed by atoms with Gasteiger partial charge in [0, 0.05) is 27.5 Å². The fourth-order valence-electron chi connectivity index (χ4n) is 3.00. The third-order valence-corrected chi connectivity index (χ3v) is 5.58. The second-order valence-corrected chi connectivity index (χ2v) is 8.04. The molecule has 0 saturated carbocycles. The second-order valence-electron chi connectivity index (χ2n) is 6.01. The molecule has 1 aliphatic heterocycles. The number of hydrogen-bond acceptors (Lipinski definition) is 4. The van der Waals surface area contributed by atoms with Gasteiger partial charge in [0.1, 0.15) is 0 Å². The number of benzene rings is 1. The van der Waals surface area contributed by atoms with Gasteiger partial charge in [0.2, 0.25) is 0 Å². The van der Waals surface area contributed by atoms with Crippen molar-refractivity contribution in [3.63, 3.8) is 0 Å². The Kier molecular flexibility index (Phi) is 4.90. The van der Waals surface area contributed by atoms with E-state index in [0.29, 0.717) is 33.4 Å². The maximum atomic E-state index is 13.1. The predicted molar refractivity (Wildman–Crippen MR) is 93.8 cm³/mol. The van der Waals surface area contributed by atoms with Crippen molar-refractivity contribution in [1.82, 2.24) is 9.88 Å². The number of likely N-dealkylation sites (tertiary alicyclic amines) is 1. The largest absolute Gasteiger partial charge is 0.416 e. The molecule has 2 heterocycles. The molecule has 1 saturated heterocycles. The van der Waals surface area contributed by atoms with E-state index >= 15 is 0 Å². The molecule has 1 aromatic heterocycles. The van der Waals surface area contributed by atoms with Crippen LogP contribution in [-0.4, -0.2) is 22.5 Å². The molecule has 0 amide bonds. The Balaban J connectivity index is 1.99. The Morgan fingerprint density at radius 2 is 2.12 bits per heavy atom. The number of alkyl halides is 3. The highest BCUT2D eigenvalue weighted by Gasteiger charge is 2.32. The first-order valence-corrected chi connectivity index (χ1v) is 9.22. The van der Waals surface area contributed by atoms with Gasteiger partial charge in [-0.3, -0.25) is 4.90 Å². The monoisotopic (exact) mass is 419 g/mol. The van der Waals surface area contributed by atoms with Gasteiger partial charge in [-0.25, -0.2) is 4.98 Å². The van der Waals surface area contributed by atoms with Gasteiger partial charge in [0.05, 0.1) is 11.3 Å². The van der Waals surface area contributed by atoms with Crippen molar-refractivity contribution in [3.05, 3.63) is 33.1 Å². The van der Waals surface area contributed by atoms with Gasteiger partial charge in [0.25, 0.3) is 0 Å². The number of nitrogens with zero attached hydrogens (tertiary/aromatic N) is 2. The smallest absolute Gasteiger partial charge is 0.375 e. The number of aromatic nitrogens is 1. The highest BCUT2D eigenvalue weighted by atomic mass is 79.9. The fourth-order valence-corrected chi connectivity index (χ4v) is 4.38. The molecule has 1 fully saturated rings. The summed E-state index contributed by atoms with van der Waals surface area (Å²) in [5.41, 5.74) is 6.13. The van der Waals surface area contributed by atoms with Crippen LogP contribution >= 0.6 is 27.3 Å². The van der Waals surface area contributed by atoms with E-state index in [1.165, 1.54) is 11.3 Å². The van der Waals surface area contributed by atoms with E-state index in [1.807, 2.05) is 0 Å². The molecule has 24 heavy (non-hydrogen) atoms. The van der Waals surface area contributed by atoms with Crippen LogP contribution in [0.25, 0.3) is 11.3 Å². The van der Waals surface area contributed by atoms with Crippen molar-refractivity contribution in [3.8, 4) is 11.3 Å². The first-order chi connectivity index (χ1) is 11.2. The van der Waals surface area contributed by atoms with Crippen LogP contribution in [0.4, 0.5) is 18.3 Å². The average molecular weight is 420 g/mol. The summed E-state index contributed by atoms with van der Waals surface area (Å²) in [7, 11) is 0. The number of thiazole rings is 1. The minimum atomic E-state index is -4.40. The summed E-state index contributed by atoms with van der Waals surface area (Å²) in [4.78, 5) is 7.52. The lowest BCUT2D eigenvalue weighted by molar-refractivity contribution is -0.137. The predicted octanol–water partition coefficient (Wildman–Crippen LogP) is 5.16. The lowest BCUT2D eigenvalue weighted by Crippen LogP contribution is -2.25. The minimum Gasteiger partial charge on any atom is -0.375 e. The van der Waals surface area contributed by atoms with Gasteiger partial charge < -0.3 is 5.73 Å². The number of rotatable bonds is 3. The first-order valence-electron chi connectivity index (χ1n) is 7.61. The van der Waals surface area contributed by atoms with Gasteiger partial charge >= 0.3 is 6.18 Å². The molecule has 0 bridgehead atoms. The molecule has 8 heteroatoms. The standard InChI is InChI=1S/C16H17BrF3N3S/c1-9-3-2-4-23(9)8-13-14(22-15(21)24-13)10-5-11(16(18,19)20)7-12(17)6-10/h5-7,9H,2-4,8H2,1H3,(H2,21,22). The van der Waals surface area contributed by atoms with E-state index < -0.39 is 11.7 Å². The van der Waals surface area contributed by atoms with Crippen molar-refractivity contribution in [2.75, 3.05) is 12.3 Å². The highest BCUT2D eigenvalue weighted by molar-refractivity contribution is 9.10. The van der Waals surface area contributed by atoms with Crippen LogP contribution in [-0.2, 0) is 12.7 Å². The minimum absolute atomic E-state index is 0.374. The molecule has 1 atom stereocenters. The maximum absolute atomic E-state index is 13.1. The van der Waals surface area contributed by atoms with E-state index in [0.717, 1.165) is 36.4 Å². The molecule has 1 unspecified atom stereocenters. The van der Waals surface area contributed by atoms with Crippen LogP contribution in [0.15, 0.2) is 22.7 Å². The molecule has 2 aromatic rings. The third-order valence-electron chi connectivity index (χ3n) is 4.25. The van der Waals surface area contributed by atoms with Crippen molar-refractivity contribution < 1.29 is 13.2 Å². The molecular weight excluding hydrogens is 403 g/mol. The summed E-state index contributed by atoms with van der Waals surface area (Å²) < 4.78 is 39.6. The lowest BCUT2D eigenvalue weighted by atomic mass is 10.1. The van der Waals surface area contributed by atoms with Crippen LogP contribution in [0.2, 0.25) is 0 Å². The van der Waals surface area contributed by atoms with Crippen molar-refractivity contribution in [1.29, 1.82) is 0 Å². The molecule has 0 spiro atoms. The third kappa shape index (κ3) is 3.75. The van der Waals surface area contributed by atoms with E-state index in [-0.39, 0.29) is 0 Å². The number of nitrogens with two attached hydrogens (primary N) is 1. The molecule has 1 aromatic carbocycles. The molecular formula is C16H17BrF3N3S. The highest BCUT2D eigenvalue weighted by Crippen LogP contribution is 2.38. The van der Waals surface area contributed by atoms with E-state index in [2.05, 4.69) is 32.7 Å². The molecule has 3 rings (SSSR count). The second kappa shape index (κ2) is 6.65. The van der Waals surface area contributed by atoms with Crippen LogP contribution in [0, 0.1) is 0 Å². The molecule has 3 nitrogen and oxygen atoms in total. The van der Waals surface area contributed by atoms with E-state index in [9.17, 15) is 13.2 Å². The van der Waals surface area contributed by atoms with Crippen LogP contribution in [0.3, 0.4) is 0 Å². The number of anilines is 1. The van der Waals surface area contributed by atoms with Gasteiger partial charge in [-0.2, -0.15) is 13.2 Å². The topological polar surface area (TPSA) is 42.1 Å². The Labute approximate surface area is 150 Å². The van der Waals surface area contributed by atoms with Crippen LogP contribution < -0.4 is 5.73 Å². The van der Waals surface area contributed by atoms with Crippen molar-refractivity contribution in [2.24, 2.45) is 0 Å². The zero-order chi connectivity index (χ0) is 17.5. The van der Waals surface area contributed by atoms with Crippen LogP contribution in [0.1, 0.15) is 30.2 Å². The molecule has 0 radical (unpaired) electrons. The van der Waals surface area contributed by atoms with Crippen LogP contribution in [0.5, 0.6) is 0 Å². The van der Waals surface area contributed by atoms with Gasteiger partial charge in [-0.1, -0.05) is 15.9 Å². The summed E-state index contributed by atoms with van der Waals surface area (Å²) in [6.45, 7) is 3.82. The van der Waals surface area contributed by atoms with E-state index in [4.69, 9.17) is 5.73 Å². The molecule has 130 valence electrons. The van der Waals surface area contributed by atoms with Gasteiger partial charge in [-0.15, -0.1) is 11.3 Å². The number of nitrogen functional groups attached to an aromatic ring is 1. The normalized spacial score (nSPS) is 19.1. The SMILES string of the molecule is CC1CCCN1Cc1sc(N)nc1-c1cc(Br)cc(C(F)(F)F)c1. The Bertz CT molecular complexity index is 745. The van der Waals surface area contributed by atoms with Gasteiger partial charge in [-0.05, 0) is 44.5 Å². The van der Waals surface area contributed by atoms with Crippen molar-refractivity contribution in [2.45, 2.75) is 38.5 Å². The summed E-state index contributed by atoms with van der Waals surface area (Å²) >= 11 is 4.51. The zero-order valence-electron chi connectivity index (χ0n) is 13.0. The van der Waals surface area contributed by atoms with Gasteiger partial charge in [0.15, 0.2) is 5.13 Å². The fraction of sp³-hybridized carbons (Fsp3) is 0.438. The molecule has 1 aliphatic rings. The zero-order valence-corrected chi connectivity index (χ0v) is 15.4. The Hall–Kier alpha value is -1.12. The molecule has 0 aliphatic carbocycles. The number of hydrogen-bond donors (Lipinski definition) is 1. The summed E-state index contributed by atoms with van der Waals surface area (Å²) in [5, 5.41) is 0.375. The summed E-state index contributed by atoms with van der Waals surface area (Å²) in [5.74, 6) is 0. The maximum Gasteiger partial charge on any atom is 0.416 e. The quantitative estimate of drug-likeness (QED) is 0.746. The number of halogens is 4. The van der Waals surface area contributed by atoms with E-state index in [1.54, 1.807) is 6.07 Å². The Morgan fingerprint density at radius 3 is 2.75 bits per heavy atom. The summed E-state index contributed by atoms with van der Waals surface area (Å²) in [6, 6.07) is 4.33. The average Bonchev–Trinajstić information content (AvgIpc) is 3.04.